The van der Waals surface area contributed by atoms with Crippen molar-refractivity contribution < 1.29 is 14.1 Å². The first-order chi connectivity index (χ1) is 14.0. The van der Waals surface area contributed by atoms with Gasteiger partial charge in [-0.05, 0) is 40.6 Å². The molecule has 4 aromatic rings. The number of halogens is 1. The monoisotopic (exact) mass is 406 g/mol. The van der Waals surface area contributed by atoms with E-state index in [1.54, 1.807) is 12.1 Å². The van der Waals surface area contributed by atoms with Gasteiger partial charge in [0, 0.05) is 18.2 Å². The van der Waals surface area contributed by atoms with Crippen molar-refractivity contribution in [2.45, 2.75) is 6.54 Å². The van der Waals surface area contributed by atoms with Crippen molar-refractivity contribution in [2.75, 3.05) is 0 Å². The molecule has 1 N–H and O–H groups in total. The second kappa shape index (κ2) is 7.77. The molecule has 0 saturated carbocycles. The fourth-order valence-electron chi connectivity index (χ4n) is 3.13. The fourth-order valence-corrected chi connectivity index (χ4v) is 3.32. The molecule has 4 rings (SSSR count). The Morgan fingerprint density at radius 2 is 1.83 bits per heavy atom. The number of benzene rings is 3. The molecule has 0 aliphatic rings. The molecule has 6 nitrogen and oxygen atoms in total. The number of nitrogens with zero attached hydrogens (tertiary/aromatic N) is 1. The van der Waals surface area contributed by atoms with Gasteiger partial charge in [0.15, 0.2) is 5.76 Å². The first-order valence-electron chi connectivity index (χ1n) is 8.82. The number of hydrogen-bond donors (Lipinski definition) is 1. The van der Waals surface area contributed by atoms with E-state index in [1.807, 2.05) is 42.5 Å². The van der Waals surface area contributed by atoms with Crippen LogP contribution in [0.4, 0.5) is 5.69 Å². The van der Waals surface area contributed by atoms with E-state index in [1.165, 1.54) is 18.2 Å². The molecule has 1 heterocycles. The molecule has 1 amide bonds. The normalized spacial score (nSPS) is 10.8. The van der Waals surface area contributed by atoms with Gasteiger partial charge in [-0.3, -0.25) is 14.9 Å². The van der Waals surface area contributed by atoms with Gasteiger partial charge in [0.2, 0.25) is 0 Å². The molecule has 0 radical (unpaired) electrons. The van der Waals surface area contributed by atoms with Gasteiger partial charge >= 0.3 is 0 Å². The summed E-state index contributed by atoms with van der Waals surface area (Å²) in [4.78, 5) is 23.0. The van der Waals surface area contributed by atoms with Crippen molar-refractivity contribution in [2.24, 2.45) is 0 Å². The lowest BCUT2D eigenvalue weighted by molar-refractivity contribution is -0.384. The van der Waals surface area contributed by atoms with Crippen LogP contribution >= 0.6 is 11.6 Å². The lowest BCUT2D eigenvalue weighted by atomic mass is 10.0. The molecule has 0 atom stereocenters. The summed E-state index contributed by atoms with van der Waals surface area (Å²) in [7, 11) is 0. The summed E-state index contributed by atoms with van der Waals surface area (Å²) < 4.78 is 5.60. The predicted molar refractivity (Wildman–Crippen MR) is 111 cm³/mol. The minimum absolute atomic E-state index is 0.0401. The number of carbonyl (C=O) groups excluding carboxylic acids is 1. The summed E-state index contributed by atoms with van der Waals surface area (Å²) >= 11 is 5.84. The molecule has 0 aliphatic heterocycles. The van der Waals surface area contributed by atoms with Gasteiger partial charge < -0.3 is 9.73 Å². The first kappa shape index (κ1) is 18.7. The van der Waals surface area contributed by atoms with Gasteiger partial charge in [-0.2, -0.15) is 0 Å². The van der Waals surface area contributed by atoms with Crippen LogP contribution in [0, 0.1) is 10.1 Å². The maximum absolute atomic E-state index is 12.5. The van der Waals surface area contributed by atoms with Gasteiger partial charge in [0.05, 0.1) is 4.92 Å². The Kier molecular flexibility index (Phi) is 5.01. The number of rotatable bonds is 5. The summed E-state index contributed by atoms with van der Waals surface area (Å²) in [5, 5.41) is 16.1. The average Bonchev–Trinajstić information content (AvgIpc) is 3.22. The molecular formula is C22H15ClN2O4. The summed E-state index contributed by atoms with van der Waals surface area (Å²) in [6.07, 6.45) is 0. The minimum Gasteiger partial charge on any atom is -0.451 e. The van der Waals surface area contributed by atoms with Crippen LogP contribution in [0.15, 0.2) is 77.2 Å². The number of fused-ring (bicyclic) bond motifs is 1. The maximum atomic E-state index is 12.5. The van der Waals surface area contributed by atoms with Crippen LogP contribution in [0.2, 0.25) is 5.02 Å². The average molecular weight is 407 g/mol. The van der Waals surface area contributed by atoms with Crippen LogP contribution < -0.4 is 5.32 Å². The van der Waals surface area contributed by atoms with Gasteiger partial charge in [-0.25, -0.2) is 0 Å². The van der Waals surface area contributed by atoms with E-state index in [0.29, 0.717) is 17.9 Å². The molecule has 0 unspecified atom stereocenters. The number of nitrogens with one attached hydrogen (secondary N) is 1. The molecule has 0 aliphatic carbocycles. The second-order valence-corrected chi connectivity index (χ2v) is 6.82. The van der Waals surface area contributed by atoms with Crippen LogP contribution in [-0.2, 0) is 6.54 Å². The number of hydrogen-bond acceptors (Lipinski definition) is 4. The molecule has 0 saturated heterocycles. The molecule has 1 aromatic heterocycles. The van der Waals surface area contributed by atoms with E-state index < -0.39 is 4.92 Å². The van der Waals surface area contributed by atoms with Gasteiger partial charge in [0.25, 0.3) is 11.6 Å². The zero-order valence-electron chi connectivity index (χ0n) is 15.1. The highest BCUT2D eigenvalue weighted by Crippen LogP contribution is 2.31. The Morgan fingerprint density at radius 3 is 2.66 bits per heavy atom. The molecule has 7 heteroatoms. The molecule has 29 heavy (non-hydrogen) atoms. The number of amides is 1. The van der Waals surface area contributed by atoms with Gasteiger partial charge in [-0.15, -0.1) is 0 Å². The van der Waals surface area contributed by atoms with Gasteiger partial charge in [0.1, 0.15) is 10.8 Å². The molecule has 144 valence electrons. The Balaban J connectivity index is 1.52. The molecule has 0 bridgehead atoms. The van der Waals surface area contributed by atoms with E-state index in [9.17, 15) is 14.9 Å². The van der Waals surface area contributed by atoms with E-state index in [-0.39, 0.29) is 22.4 Å². The lowest BCUT2D eigenvalue weighted by Crippen LogP contribution is -2.22. The zero-order valence-corrected chi connectivity index (χ0v) is 15.8. The first-order valence-corrected chi connectivity index (χ1v) is 9.20. The van der Waals surface area contributed by atoms with Crippen LogP contribution in [-0.4, -0.2) is 10.8 Å². The van der Waals surface area contributed by atoms with E-state index in [0.717, 1.165) is 16.3 Å². The third-order valence-electron chi connectivity index (χ3n) is 4.58. The van der Waals surface area contributed by atoms with E-state index in [4.69, 9.17) is 16.0 Å². The molecular weight excluding hydrogens is 392 g/mol. The van der Waals surface area contributed by atoms with Crippen molar-refractivity contribution in [3.63, 3.8) is 0 Å². The van der Waals surface area contributed by atoms with Crippen molar-refractivity contribution in [3.8, 4) is 11.3 Å². The minimum atomic E-state index is -0.563. The zero-order chi connectivity index (χ0) is 20.4. The topological polar surface area (TPSA) is 85.4 Å². The number of nitro groups is 1. The third kappa shape index (κ3) is 3.83. The Bertz CT molecular complexity index is 1230. The largest absolute Gasteiger partial charge is 0.451 e. The van der Waals surface area contributed by atoms with Crippen molar-refractivity contribution in [3.05, 3.63) is 99.3 Å². The summed E-state index contributed by atoms with van der Waals surface area (Å²) in [5.41, 5.74) is 1.24. The number of carbonyl (C=O) groups is 1. The number of furan rings is 1. The summed E-state index contributed by atoms with van der Waals surface area (Å²) in [6.45, 7) is 0.350. The van der Waals surface area contributed by atoms with E-state index >= 15 is 0 Å². The molecule has 0 spiro atoms. The summed E-state index contributed by atoms with van der Waals surface area (Å²) in [6, 6.07) is 21.4. The number of nitro benzene ring substituents is 1. The molecule has 0 fully saturated rings. The summed E-state index contributed by atoms with van der Waals surface area (Å²) in [5.74, 6) is 0.102. The van der Waals surface area contributed by atoms with Crippen LogP contribution in [0.25, 0.3) is 22.1 Å². The Labute approximate surface area is 170 Å². The van der Waals surface area contributed by atoms with Crippen molar-refractivity contribution >= 4 is 34.0 Å². The molecule has 3 aromatic carbocycles. The van der Waals surface area contributed by atoms with Crippen molar-refractivity contribution in [1.29, 1.82) is 0 Å². The smallest absolute Gasteiger partial charge is 0.288 e. The highest BCUT2D eigenvalue weighted by molar-refractivity contribution is 6.32. The van der Waals surface area contributed by atoms with E-state index in [2.05, 4.69) is 5.32 Å². The maximum Gasteiger partial charge on any atom is 0.288 e. The Morgan fingerprint density at radius 1 is 1.03 bits per heavy atom. The quantitative estimate of drug-likeness (QED) is 0.345. The highest BCUT2D eigenvalue weighted by atomic mass is 35.5. The van der Waals surface area contributed by atoms with Crippen LogP contribution in [0.5, 0.6) is 0 Å². The second-order valence-electron chi connectivity index (χ2n) is 6.41. The van der Waals surface area contributed by atoms with Crippen LogP contribution in [0.1, 0.15) is 16.1 Å². The predicted octanol–water partition coefficient (Wildman–Crippen LogP) is 5.59. The van der Waals surface area contributed by atoms with Gasteiger partial charge in [-0.1, -0.05) is 54.1 Å². The highest BCUT2D eigenvalue weighted by Gasteiger charge is 2.17. The fraction of sp³-hybridized carbons (Fsp3) is 0.0455. The lowest BCUT2D eigenvalue weighted by Gasteiger charge is -2.07. The SMILES string of the molecule is O=C(NCc1cccc2ccccc12)c1ccc(-c2ccc(Cl)c([N+](=O)[O-])c2)o1. The Hall–Kier alpha value is -3.64. The van der Waals surface area contributed by atoms with Crippen LogP contribution in [0.3, 0.4) is 0 Å². The van der Waals surface area contributed by atoms with Crippen molar-refractivity contribution in [1.82, 2.24) is 5.32 Å². The third-order valence-corrected chi connectivity index (χ3v) is 4.90. The standard InChI is InChI=1S/C22H15ClN2O4/c23-18-9-8-15(12-19(18)25(27)28)20-10-11-21(29-20)22(26)24-13-16-6-3-5-14-4-1-2-7-17(14)16/h1-12H,13H2,(H,24,26).